The SMILES string of the molecule is CC(C)S(=O)(=O)NC1(CN)CCOCC1. The Balaban J connectivity index is 2.76. The zero-order valence-electron chi connectivity index (χ0n) is 9.32. The second-order valence-corrected chi connectivity index (χ2v) is 6.53. The van der Waals surface area contributed by atoms with Crippen molar-refractivity contribution < 1.29 is 13.2 Å². The van der Waals surface area contributed by atoms with Crippen LogP contribution in [0.15, 0.2) is 0 Å². The molecule has 1 fully saturated rings. The second-order valence-electron chi connectivity index (χ2n) is 4.29. The lowest BCUT2D eigenvalue weighted by molar-refractivity contribution is 0.0501. The van der Waals surface area contributed by atoms with Crippen LogP contribution in [-0.2, 0) is 14.8 Å². The quantitative estimate of drug-likeness (QED) is 0.709. The molecule has 6 heteroatoms. The van der Waals surface area contributed by atoms with E-state index < -0.39 is 20.8 Å². The maximum Gasteiger partial charge on any atom is 0.214 e. The largest absolute Gasteiger partial charge is 0.381 e. The molecule has 0 aromatic heterocycles. The van der Waals surface area contributed by atoms with E-state index in [-0.39, 0.29) is 0 Å². The molecule has 1 aliphatic rings. The van der Waals surface area contributed by atoms with Crippen molar-refractivity contribution in [2.24, 2.45) is 5.73 Å². The zero-order chi connectivity index (χ0) is 11.5. The van der Waals surface area contributed by atoms with Gasteiger partial charge in [-0.15, -0.1) is 0 Å². The van der Waals surface area contributed by atoms with Crippen molar-refractivity contribution in [3.63, 3.8) is 0 Å². The van der Waals surface area contributed by atoms with Crippen LogP contribution in [0.4, 0.5) is 0 Å². The van der Waals surface area contributed by atoms with Gasteiger partial charge in [0.15, 0.2) is 0 Å². The standard InChI is InChI=1S/C9H20N2O3S/c1-8(2)15(12,13)11-9(7-10)3-5-14-6-4-9/h8,11H,3-7,10H2,1-2H3. The number of sulfonamides is 1. The highest BCUT2D eigenvalue weighted by atomic mass is 32.2. The third kappa shape index (κ3) is 3.14. The first-order valence-corrected chi connectivity index (χ1v) is 6.77. The topological polar surface area (TPSA) is 81.4 Å². The average Bonchev–Trinajstić information content (AvgIpc) is 2.18. The van der Waals surface area contributed by atoms with Gasteiger partial charge in [0.1, 0.15) is 0 Å². The Morgan fingerprint density at radius 3 is 2.33 bits per heavy atom. The first-order valence-electron chi connectivity index (χ1n) is 5.22. The molecule has 0 spiro atoms. The van der Waals surface area contributed by atoms with Crippen LogP contribution in [0.5, 0.6) is 0 Å². The zero-order valence-corrected chi connectivity index (χ0v) is 10.1. The molecule has 1 heterocycles. The van der Waals surface area contributed by atoms with Crippen LogP contribution in [0.2, 0.25) is 0 Å². The molecule has 0 bridgehead atoms. The summed E-state index contributed by atoms with van der Waals surface area (Å²) < 4.78 is 31.4. The normalized spacial score (nSPS) is 21.9. The summed E-state index contributed by atoms with van der Waals surface area (Å²) >= 11 is 0. The van der Waals surface area contributed by atoms with E-state index in [0.29, 0.717) is 32.6 Å². The highest BCUT2D eigenvalue weighted by molar-refractivity contribution is 7.90. The summed E-state index contributed by atoms with van der Waals surface area (Å²) in [6, 6.07) is 0. The molecule has 1 aliphatic heterocycles. The number of nitrogens with two attached hydrogens (primary N) is 1. The fourth-order valence-corrected chi connectivity index (χ4v) is 2.66. The highest BCUT2D eigenvalue weighted by Gasteiger charge is 2.36. The molecule has 0 amide bonds. The molecule has 0 aromatic carbocycles. The van der Waals surface area contributed by atoms with E-state index in [4.69, 9.17) is 10.5 Å². The van der Waals surface area contributed by atoms with Crippen molar-refractivity contribution in [3.05, 3.63) is 0 Å². The van der Waals surface area contributed by atoms with E-state index in [0.717, 1.165) is 0 Å². The van der Waals surface area contributed by atoms with Gasteiger partial charge in [-0.1, -0.05) is 0 Å². The van der Waals surface area contributed by atoms with Gasteiger partial charge in [-0.25, -0.2) is 13.1 Å². The summed E-state index contributed by atoms with van der Waals surface area (Å²) in [5.41, 5.74) is 5.16. The molecular formula is C9H20N2O3S. The van der Waals surface area contributed by atoms with Crippen molar-refractivity contribution in [1.29, 1.82) is 0 Å². The molecule has 0 aromatic rings. The Morgan fingerprint density at radius 2 is 1.93 bits per heavy atom. The molecule has 15 heavy (non-hydrogen) atoms. The van der Waals surface area contributed by atoms with E-state index in [1.54, 1.807) is 13.8 Å². The number of hydrogen-bond acceptors (Lipinski definition) is 4. The van der Waals surface area contributed by atoms with E-state index in [2.05, 4.69) is 4.72 Å². The predicted octanol–water partition coefficient (Wildman–Crippen LogP) is -0.178. The molecule has 0 radical (unpaired) electrons. The van der Waals surface area contributed by atoms with Gasteiger partial charge in [0, 0.05) is 25.3 Å². The van der Waals surface area contributed by atoms with Crippen LogP contribution < -0.4 is 10.5 Å². The number of ether oxygens (including phenoxy) is 1. The van der Waals surface area contributed by atoms with Gasteiger partial charge >= 0.3 is 0 Å². The van der Waals surface area contributed by atoms with E-state index >= 15 is 0 Å². The molecule has 0 unspecified atom stereocenters. The van der Waals surface area contributed by atoms with Gasteiger partial charge in [-0.05, 0) is 26.7 Å². The van der Waals surface area contributed by atoms with Gasteiger partial charge in [0.2, 0.25) is 10.0 Å². The van der Waals surface area contributed by atoms with Crippen molar-refractivity contribution >= 4 is 10.0 Å². The maximum absolute atomic E-state index is 11.8. The molecular weight excluding hydrogens is 216 g/mol. The Morgan fingerprint density at radius 1 is 1.40 bits per heavy atom. The van der Waals surface area contributed by atoms with Crippen molar-refractivity contribution in [3.8, 4) is 0 Å². The molecule has 1 saturated heterocycles. The molecule has 0 saturated carbocycles. The molecule has 5 nitrogen and oxygen atoms in total. The lowest BCUT2D eigenvalue weighted by Crippen LogP contribution is -2.57. The predicted molar refractivity (Wildman–Crippen MR) is 59.0 cm³/mol. The van der Waals surface area contributed by atoms with Crippen LogP contribution in [0.1, 0.15) is 26.7 Å². The second kappa shape index (κ2) is 4.78. The van der Waals surface area contributed by atoms with E-state index in [9.17, 15) is 8.42 Å². The smallest absolute Gasteiger partial charge is 0.214 e. The Kier molecular flexibility index (Phi) is 4.11. The lowest BCUT2D eigenvalue weighted by Gasteiger charge is -2.37. The van der Waals surface area contributed by atoms with Crippen LogP contribution in [0.3, 0.4) is 0 Å². The third-order valence-electron chi connectivity index (χ3n) is 2.82. The summed E-state index contributed by atoms with van der Waals surface area (Å²) in [5, 5.41) is -0.427. The van der Waals surface area contributed by atoms with Crippen molar-refractivity contribution in [2.45, 2.75) is 37.5 Å². The van der Waals surface area contributed by atoms with Gasteiger partial charge in [0.05, 0.1) is 5.25 Å². The summed E-state index contributed by atoms with van der Waals surface area (Å²) in [6.45, 7) is 4.77. The summed E-state index contributed by atoms with van der Waals surface area (Å²) in [7, 11) is -3.25. The Labute approximate surface area is 91.4 Å². The first kappa shape index (κ1) is 12.9. The maximum atomic E-state index is 11.8. The highest BCUT2D eigenvalue weighted by Crippen LogP contribution is 2.21. The van der Waals surface area contributed by atoms with Crippen molar-refractivity contribution in [1.82, 2.24) is 4.72 Å². The minimum Gasteiger partial charge on any atom is -0.381 e. The minimum atomic E-state index is -3.25. The number of rotatable bonds is 4. The lowest BCUT2D eigenvalue weighted by atomic mass is 9.92. The fourth-order valence-electron chi connectivity index (χ4n) is 1.53. The number of nitrogens with one attached hydrogen (secondary N) is 1. The van der Waals surface area contributed by atoms with Crippen LogP contribution >= 0.6 is 0 Å². The third-order valence-corrected chi connectivity index (χ3v) is 4.78. The minimum absolute atomic E-state index is 0.322. The van der Waals surface area contributed by atoms with Gasteiger partial charge in [-0.3, -0.25) is 0 Å². The monoisotopic (exact) mass is 236 g/mol. The summed E-state index contributed by atoms with van der Waals surface area (Å²) in [6.07, 6.45) is 1.30. The van der Waals surface area contributed by atoms with Gasteiger partial charge < -0.3 is 10.5 Å². The van der Waals surface area contributed by atoms with Gasteiger partial charge in [0.25, 0.3) is 0 Å². The molecule has 0 atom stereocenters. The fraction of sp³-hybridized carbons (Fsp3) is 1.00. The summed E-state index contributed by atoms with van der Waals surface area (Å²) in [5.74, 6) is 0. The molecule has 1 rings (SSSR count). The van der Waals surface area contributed by atoms with Crippen LogP contribution in [0.25, 0.3) is 0 Å². The summed E-state index contributed by atoms with van der Waals surface area (Å²) in [4.78, 5) is 0. The van der Waals surface area contributed by atoms with Crippen molar-refractivity contribution in [2.75, 3.05) is 19.8 Å². The van der Waals surface area contributed by atoms with Crippen LogP contribution in [0, 0.1) is 0 Å². The Hall–Kier alpha value is -0.170. The van der Waals surface area contributed by atoms with Gasteiger partial charge in [-0.2, -0.15) is 0 Å². The number of hydrogen-bond donors (Lipinski definition) is 2. The Bertz CT molecular complexity index is 294. The first-order chi connectivity index (χ1) is 6.92. The van der Waals surface area contributed by atoms with Crippen LogP contribution in [-0.4, -0.2) is 39.0 Å². The molecule has 90 valence electrons. The van der Waals surface area contributed by atoms with E-state index in [1.165, 1.54) is 0 Å². The van der Waals surface area contributed by atoms with E-state index in [1.807, 2.05) is 0 Å². The molecule has 0 aliphatic carbocycles. The molecule has 3 N–H and O–H groups in total. The average molecular weight is 236 g/mol.